The van der Waals surface area contributed by atoms with Gasteiger partial charge in [-0.25, -0.2) is 14.6 Å². The minimum atomic E-state index is -1.10. The van der Waals surface area contributed by atoms with Crippen LogP contribution in [0.5, 0.6) is 0 Å². The van der Waals surface area contributed by atoms with E-state index in [2.05, 4.69) is 40.0 Å². The van der Waals surface area contributed by atoms with Crippen LogP contribution < -0.4 is 5.32 Å². The second kappa shape index (κ2) is 8.28. The minimum absolute atomic E-state index is 0.384. The largest absolute Gasteiger partial charge is 0.392 e. The number of ether oxygens (including phenoxy) is 1. The molecule has 0 aliphatic carbocycles. The Morgan fingerprint density at radius 2 is 2.12 bits per heavy atom. The molecule has 0 unspecified atom stereocenters. The summed E-state index contributed by atoms with van der Waals surface area (Å²) in [5.74, 6) is 0.693. The molecule has 1 atom stereocenters. The number of fused-ring (bicyclic) bond motifs is 1. The molecule has 0 saturated heterocycles. The molecule has 134 valence electrons. The zero-order chi connectivity index (χ0) is 17.7. The van der Waals surface area contributed by atoms with Gasteiger partial charge in [0.25, 0.3) is 0 Å². The predicted molar refractivity (Wildman–Crippen MR) is 101 cm³/mol. The van der Waals surface area contributed by atoms with Gasteiger partial charge in [-0.3, -0.25) is 0 Å². The average Bonchev–Trinajstić information content (AvgIpc) is 2.91. The Morgan fingerprint density at radius 3 is 2.75 bits per heavy atom. The first-order valence-electron chi connectivity index (χ1n) is 8.07. The van der Waals surface area contributed by atoms with Crippen LogP contribution in [0.15, 0.2) is 11.4 Å². The number of aliphatic hydroxyl groups is 1. The molecule has 0 spiro atoms. The number of rotatable bonds is 9. The third-order valence-electron chi connectivity index (χ3n) is 3.43. The van der Waals surface area contributed by atoms with Crippen LogP contribution in [0.3, 0.4) is 0 Å². The number of thioether (sulfide) groups is 1. The molecular formula is C15H27N5O2SSi. The SMILES string of the molecule is CSc1nc(NC[C@@H](C)O)c2cnn(COCC[Si](C)(C)C)c2n1. The highest BCUT2D eigenvalue weighted by Crippen LogP contribution is 2.23. The van der Waals surface area contributed by atoms with E-state index in [9.17, 15) is 5.11 Å². The maximum atomic E-state index is 9.48. The first-order valence-corrected chi connectivity index (χ1v) is 13.0. The van der Waals surface area contributed by atoms with Crippen molar-refractivity contribution in [3.8, 4) is 0 Å². The van der Waals surface area contributed by atoms with Crippen molar-refractivity contribution in [3.63, 3.8) is 0 Å². The van der Waals surface area contributed by atoms with Gasteiger partial charge in [-0.05, 0) is 19.2 Å². The zero-order valence-electron chi connectivity index (χ0n) is 15.0. The standard InChI is InChI=1S/C15H27N5O2SSi/c1-11(21)8-16-13-12-9-17-20(10-22-6-7-24(3,4)5)14(12)19-15(18-13)23-2/h9,11,21H,6-8,10H2,1-5H3,(H,16,18,19)/t11-/m1/s1. The normalized spacial score (nSPS) is 13.4. The van der Waals surface area contributed by atoms with Gasteiger partial charge in [-0.2, -0.15) is 5.10 Å². The van der Waals surface area contributed by atoms with Crippen molar-refractivity contribution in [2.24, 2.45) is 0 Å². The van der Waals surface area contributed by atoms with E-state index in [0.717, 1.165) is 23.7 Å². The molecule has 0 fully saturated rings. The number of hydrogen-bond acceptors (Lipinski definition) is 7. The first-order chi connectivity index (χ1) is 11.3. The van der Waals surface area contributed by atoms with E-state index in [1.165, 1.54) is 11.8 Å². The minimum Gasteiger partial charge on any atom is -0.392 e. The number of nitrogens with one attached hydrogen (secondary N) is 1. The molecule has 2 aromatic rings. The number of anilines is 1. The van der Waals surface area contributed by atoms with E-state index in [0.29, 0.717) is 24.2 Å². The fraction of sp³-hybridized carbons (Fsp3) is 0.667. The summed E-state index contributed by atoms with van der Waals surface area (Å²) >= 11 is 1.47. The lowest BCUT2D eigenvalue weighted by atomic mass is 10.3. The summed E-state index contributed by atoms with van der Waals surface area (Å²) in [6.07, 6.45) is 3.23. The first kappa shape index (κ1) is 19.2. The van der Waals surface area contributed by atoms with Crippen molar-refractivity contribution in [2.45, 2.75) is 50.6 Å². The van der Waals surface area contributed by atoms with Crippen LogP contribution >= 0.6 is 11.8 Å². The lowest BCUT2D eigenvalue weighted by Gasteiger charge is -2.15. The fourth-order valence-electron chi connectivity index (χ4n) is 2.03. The lowest BCUT2D eigenvalue weighted by molar-refractivity contribution is 0.0812. The molecule has 7 nitrogen and oxygen atoms in total. The molecule has 2 heterocycles. The van der Waals surface area contributed by atoms with E-state index >= 15 is 0 Å². The highest BCUT2D eigenvalue weighted by atomic mass is 32.2. The Hall–Kier alpha value is -1.16. The topological polar surface area (TPSA) is 85.1 Å². The monoisotopic (exact) mass is 369 g/mol. The van der Waals surface area contributed by atoms with Crippen LogP contribution in [0.4, 0.5) is 5.82 Å². The van der Waals surface area contributed by atoms with Gasteiger partial charge in [0, 0.05) is 21.2 Å². The summed E-state index contributed by atoms with van der Waals surface area (Å²) in [6, 6.07) is 1.12. The molecule has 2 rings (SSSR count). The van der Waals surface area contributed by atoms with Crippen molar-refractivity contribution in [2.75, 3.05) is 24.7 Å². The van der Waals surface area contributed by atoms with Gasteiger partial charge in [-0.1, -0.05) is 31.4 Å². The van der Waals surface area contributed by atoms with Gasteiger partial charge in [-0.15, -0.1) is 0 Å². The molecule has 0 saturated carbocycles. The molecule has 2 aromatic heterocycles. The number of hydrogen-bond donors (Lipinski definition) is 2. The summed E-state index contributed by atoms with van der Waals surface area (Å²) in [5, 5.41) is 18.5. The Balaban J connectivity index is 2.15. The molecule has 0 bridgehead atoms. The lowest BCUT2D eigenvalue weighted by Crippen LogP contribution is -2.22. The van der Waals surface area contributed by atoms with Crippen molar-refractivity contribution in [1.29, 1.82) is 0 Å². The Morgan fingerprint density at radius 1 is 1.38 bits per heavy atom. The summed E-state index contributed by atoms with van der Waals surface area (Å²) in [6.45, 7) is 10.3. The quantitative estimate of drug-likeness (QED) is 0.304. The highest BCUT2D eigenvalue weighted by Gasteiger charge is 2.15. The van der Waals surface area contributed by atoms with Gasteiger partial charge >= 0.3 is 0 Å². The van der Waals surface area contributed by atoms with Gasteiger partial charge in [0.15, 0.2) is 10.8 Å². The predicted octanol–water partition coefficient (Wildman–Crippen LogP) is 2.65. The van der Waals surface area contributed by atoms with Crippen LogP contribution in [0.1, 0.15) is 6.92 Å². The molecular weight excluding hydrogens is 342 g/mol. The van der Waals surface area contributed by atoms with Crippen LogP contribution in [0.25, 0.3) is 11.0 Å². The molecule has 0 radical (unpaired) electrons. The van der Waals surface area contributed by atoms with Crippen LogP contribution in [0.2, 0.25) is 25.7 Å². The number of aliphatic hydroxyl groups excluding tert-OH is 1. The Kier molecular flexibility index (Phi) is 6.61. The van der Waals surface area contributed by atoms with E-state index in [1.807, 2.05) is 6.26 Å². The zero-order valence-corrected chi connectivity index (χ0v) is 16.9. The molecule has 9 heteroatoms. The number of aromatic nitrogens is 4. The van der Waals surface area contributed by atoms with Gasteiger partial charge in [0.1, 0.15) is 12.5 Å². The molecule has 24 heavy (non-hydrogen) atoms. The van der Waals surface area contributed by atoms with Gasteiger partial charge in [0.2, 0.25) is 0 Å². The average molecular weight is 370 g/mol. The number of nitrogens with zero attached hydrogens (tertiary/aromatic N) is 4. The summed E-state index contributed by atoms with van der Waals surface area (Å²) in [5.41, 5.74) is 0.746. The molecule has 0 aliphatic heterocycles. The van der Waals surface area contributed by atoms with Crippen LogP contribution in [-0.2, 0) is 11.5 Å². The maximum Gasteiger partial charge on any atom is 0.191 e. The van der Waals surface area contributed by atoms with Crippen molar-refractivity contribution in [1.82, 2.24) is 19.7 Å². The summed E-state index contributed by atoms with van der Waals surface area (Å²) in [4.78, 5) is 9.02. The summed E-state index contributed by atoms with van der Waals surface area (Å²) in [7, 11) is -1.10. The van der Waals surface area contributed by atoms with E-state index in [1.54, 1.807) is 17.8 Å². The van der Waals surface area contributed by atoms with Gasteiger partial charge in [0.05, 0.1) is 17.7 Å². The van der Waals surface area contributed by atoms with E-state index in [-0.39, 0.29) is 0 Å². The van der Waals surface area contributed by atoms with Crippen molar-refractivity contribution in [3.05, 3.63) is 6.20 Å². The molecule has 2 N–H and O–H groups in total. The maximum absolute atomic E-state index is 9.48. The third kappa shape index (κ3) is 5.44. The molecule has 0 aromatic carbocycles. The molecule has 0 aliphatic rings. The highest BCUT2D eigenvalue weighted by molar-refractivity contribution is 7.98. The smallest absolute Gasteiger partial charge is 0.191 e. The Labute approximate surface area is 148 Å². The van der Waals surface area contributed by atoms with Crippen LogP contribution in [0, 0.1) is 0 Å². The fourth-order valence-corrected chi connectivity index (χ4v) is 3.15. The van der Waals surface area contributed by atoms with E-state index in [4.69, 9.17) is 4.74 Å². The molecule has 0 amide bonds. The second-order valence-electron chi connectivity index (χ2n) is 7.02. The Bertz CT molecular complexity index is 672. The van der Waals surface area contributed by atoms with Crippen molar-refractivity contribution >= 4 is 36.7 Å². The third-order valence-corrected chi connectivity index (χ3v) is 5.69. The van der Waals surface area contributed by atoms with E-state index < -0.39 is 14.2 Å². The van der Waals surface area contributed by atoms with Crippen LogP contribution in [-0.4, -0.2) is 58.4 Å². The van der Waals surface area contributed by atoms with Crippen molar-refractivity contribution < 1.29 is 9.84 Å². The summed E-state index contributed by atoms with van der Waals surface area (Å²) < 4.78 is 7.54. The van der Waals surface area contributed by atoms with Gasteiger partial charge < -0.3 is 15.2 Å². The second-order valence-corrected chi connectivity index (χ2v) is 13.4.